The molecule has 0 aromatic carbocycles. The zero-order valence-corrected chi connectivity index (χ0v) is 3.16. The van der Waals surface area contributed by atoms with Crippen LogP contribution < -0.4 is 0 Å². The Hall–Kier alpha value is -0.240. The molecular weight excluding hydrogens is 91.5 g/mol. The lowest BCUT2D eigenvalue weighted by atomic mass is 11.5. The van der Waals surface area contributed by atoms with Crippen LogP contribution in [-0.2, 0) is 4.74 Å². The fourth-order valence-electron chi connectivity index (χ4n) is 0. The standard InChI is InChI=1S/C2H2ClO2/c1-5-2(3)4/h1H2. The number of hydrogen-bond donors (Lipinski definition) is 0. The van der Waals surface area contributed by atoms with Gasteiger partial charge in [0.25, 0.3) is 0 Å². The molecule has 0 atom stereocenters. The summed E-state index contributed by atoms with van der Waals surface area (Å²) in [7, 11) is 2.70. The van der Waals surface area contributed by atoms with E-state index in [-0.39, 0.29) is 0 Å². The zero-order chi connectivity index (χ0) is 4.28. The van der Waals surface area contributed by atoms with Crippen molar-refractivity contribution in [2.45, 2.75) is 0 Å². The number of halogens is 1. The van der Waals surface area contributed by atoms with Gasteiger partial charge in [-0.15, -0.1) is 0 Å². The van der Waals surface area contributed by atoms with Gasteiger partial charge in [-0.3, -0.25) is 0 Å². The smallest absolute Gasteiger partial charge is 0.403 e. The normalized spacial score (nSPS) is 6.80. The molecule has 0 aliphatic rings. The molecule has 0 aliphatic heterocycles. The van der Waals surface area contributed by atoms with Gasteiger partial charge in [-0.05, 0) is 0 Å². The van der Waals surface area contributed by atoms with Gasteiger partial charge >= 0.3 is 5.43 Å². The molecule has 0 saturated heterocycles. The minimum Gasteiger partial charge on any atom is -0.450 e. The van der Waals surface area contributed by atoms with Crippen LogP contribution in [0.1, 0.15) is 0 Å². The highest BCUT2D eigenvalue weighted by molar-refractivity contribution is 6.61. The van der Waals surface area contributed by atoms with Crippen LogP contribution >= 0.6 is 11.6 Å². The Labute approximate surface area is 34.7 Å². The minimum absolute atomic E-state index is 0.884. The lowest BCUT2D eigenvalue weighted by molar-refractivity contribution is 0.210. The van der Waals surface area contributed by atoms with Crippen LogP contribution in [0, 0.1) is 7.11 Å². The first kappa shape index (κ1) is 4.76. The predicted octanol–water partition coefficient (Wildman–Crippen LogP) is 1.15. The molecule has 29 valence electrons. The average Bonchev–Trinajstić information content (AvgIpc) is 1.38. The average molecular weight is 93.5 g/mol. The van der Waals surface area contributed by atoms with E-state index in [9.17, 15) is 4.79 Å². The Balaban J connectivity index is 2.85. The van der Waals surface area contributed by atoms with Crippen LogP contribution in [0.5, 0.6) is 0 Å². The quantitative estimate of drug-likeness (QED) is 0.420. The van der Waals surface area contributed by atoms with E-state index in [4.69, 9.17) is 0 Å². The van der Waals surface area contributed by atoms with Crippen molar-refractivity contribution < 1.29 is 9.53 Å². The number of rotatable bonds is 0. The predicted molar refractivity (Wildman–Crippen MR) is 17.7 cm³/mol. The van der Waals surface area contributed by atoms with Crippen molar-refractivity contribution in [2.75, 3.05) is 0 Å². The van der Waals surface area contributed by atoms with Gasteiger partial charge in [0, 0.05) is 11.6 Å². The third-order valence-corrected chi connectivity index (χ3v) is 0.223. The summed E-state index contributed by atoms with van der Waals surface area (Å²) in [5.74, 6) is 0. The van der Waals surface area contributed by atoms with Crippen molar-refractivity contribution >= 4 is 17.0 Å². The van der Waals surface area contributed by atoms with Gasteiger partial charge in [-0.2, -0.15) is 0 Å². The third-order valence-electron chi connectivity index (χ3n) is 0.113. The van der Waals surface area contributed by atoms with Gasteiger partial charge in [0.05, 0.1) is 0 Å². The summed E-state index contributed by atoms with van der Waals surface area (Å²) in [4.78, 5) is 9.29. The highest BCUT2D eigenvalue weighted by Crippen LogP contribution is 1.79. The molecule has 0 amide bonds. The van der Waals surface area contributed by atoms with E-state index >= 15 is 0 Å². The first-order valence-electron chi connectivity index (χ1n) is 0.886. The van der Waals surface area contributed by atoms with Crippen LogP contribution in [0.3, 0.4) is 0 Å². The van der Waals surface area contributed by atoms with E-state index < -0.39 is 5.43 Å². The monoisotopic (exact) mass is 93.0 g/mol. The van der Waals surface area contributed by atoms with Crippen LogP contribution in [0.15, 0.2) is 0 Å². The molecule has 1 radical (unpaired) electrons. The van der Waals surface area contributed by atoms with Crippen molar-refractivity contribution in [3.63, 3.8) is 0 Å². The lowest BCUT2D eigenvalue weighted by Crippen LogP contribution is -1.77. The molecule has 0 rings (SSSR count). The third kappa shape index (κ3) is 3.76. The summed E-state index contributed by atoms with van der Waals surface area (Å²) >= 11 is 4.54. The van der Waals surface area contributed by atoms with Crippen molar-refractivity contribution in [2.24, 2.45) is 0 Å². The van der Waals surface area contributed by atoms with Crippen LogP contribution in [0.4, 0.5) is 4.79 Å². The Kier molecular flexibility index (Phi) is 1.93. The van der Waals surface area contributed by atoms with Gasteiger partial charge < -0.3 is 4.74 Å². The largest absolute Gasteiger partial charge is 0.450 e. The number of hydrogen-bond acceptors (Lipinski definition) is 2. The Bertz CT molecular complexity index is 42.9. The lowest BCUT2D eigenvalue weighted by Gasteiger charge is -1.76. The molecule has 0 bridgehead atoms. The summed E-state index contributed by atoms with van der Waals surface area (Å²) < 4.78 is 3.63. The molecule has 2 nitrogen and oxygen atoms in total. The van der Waals surface area contributed by atoms with Crippen LogP contribution in [0.2, 0.25) is 0 Å². The zero-order valence-electron chi connectivity index (χ0n) is 2.40. The van der Waals surface area contributed by atoms with Gasteiger partial charge in [-0.25, -0.2) is 4.79 Å². The topological polar surface area (TPSA) is 26.3 Å². The summed E-state index contributed by atoms with van der Waals surface area (Å²) in [5, 5.41) is 0. The molecule has 0 N–H and O–H groups in total. The van der Waals surface area contributed by atoms with E-state index in [1.54, 1.807) is 0 Å². The molecule has 0 aromatic rings. The van der Waals surface area contributed by atoms with Gasteiger partial charge in [0.15, 0.2) is 0 Å². The Morgan fingerprint density at radius 2 is 2.20 bits per heavy atom. The maximum Gasteiger partial charge on any atom is 0.403 e. The molecule has 0 saturated carbocycles. The van der Waals surface area contributed by atoms with E-state index in [0.29, 0.717) is 0 Å². The second-order valence-electron chi connectivity index (χ2n) is 0.382. The molecule has 0 aliphatic carbocycles. The van der Waals surface area contributed by atoms with Crippen molar-refractivity contribution in [3.8, 4) is 0 Å². The summed E-state index contributed by atoms with van der Waals surface area (Å²) in [6.45, 7) is 0. The summed E-state index contributed by atoms with van der Waals surface area (Å²) in [6.07, 6.45) is 0. The second kappa shape index (κ2) is 2.03. The maximum atomic E-state index is 9.29. The molecule has 0 unspecified atom stereocenters. The van der Waals surface area contributed by atoms with Crippen LogP contribution in [-0.4, -0.2) is 5.43 Å². The summed E-state index contributed by atoms with van der Waals surface area (Å²) in [5.41, 5.74) is -0.884. The van der Waals surface area contributed by atoms with Crippen LogP contribution in [0.25, 0.3) is 0 Å². The Morgan fingerprint density at radius 3 is 2.20 bits per heavy atom. The van der Waals surface area contributed by atoms with Gasteiger partial charge in [0.1, 0.15) is 7.11 Å². The molecule has 0 aromatic heterocycles. The fraction of sp³-hybridized carbons (Fsp3) is 0. The number of carbonyl (C=O) groups is 1. The number of ether oxygens (including phenoxy) is 1. The molecule has 3 heteroatoms. The van der Waals surface area contributed by atoms with E-state index in [1.165, 1.54) is 0 Å². The van der Waals surface area contributed by atoms with Crippen molar-refractivity contribution in [3.05, 3.63) is 7.11 Å². The second-order valence-corrected chi connectivity index (χ2v) is 0.691. The first-order valence-corrected chi connectivity index (χ1v) is 1.26. The van der Waals surface area contributed by atoms with E-state index in [0.717, 1.165) is 0 Å². The fourth-order valence-corrected chi connectivity index (χ4v) is 0. The highest BCUT2D eigenvalue weighted by Gasteiger charge is 1.81. The first-order chi connectivity index (χ1) is 2.27. The van der Waals surface area contributed by atoms with Crippen molar-refractivity contribution in [1.29, 1.82) is 0 Å². The minimum atomic E-state index is -0.884. The molecule has 0 spiro atoms. The molecule has 5 heavy (non-hydrogen) atoms. The highest BCUT2D eigenvalue weighted by atomic mass is 35.5. The molecule has 0 fully saturated rings. The summed E-state index contributed by atoms with van der Waals surface area (Å²) in [6, 6.07) is 0. The number of carbonyl (C=O) groups excluding carboxylic acids is 1. The van der Waals surface area contributed by atoms with E-state index in [1.807, 2.05) is 0 Å². The molecular formula is C2H2ClO2. The Morgan fingerprint density at radius 1 is 2.00 bits per heavy atom. The van der Waals surface area contributed by atoms with Gasteiger partial charge in [-0.1, -0.05) is 0 Å². The van der Waals surface area contributed by atoms with Crippen molar-refractivity contribution in [1.82, 2.24) is 0 Å². The van der Waals surface area contributed by atoms with E-state index in [2.05, 4.69) is 23.4 Å². The SMILES string of the molecule is [CH2]OC(=O)Cl. The molecule has 0 heterocycles. The van der Waals surface area contributed by atoms with Gasteiger partial charge in [0.2, 0.25) is 0 Å². The maximum absolute atomic E-state index is 9.29.